The Morgan fingerprint density at radius 2 is 2.16 bits per heavy atom. The third kappa shape index (κ3) is 3.48. The fraction of sp³-hybridized carbons (Fsp3) is 0.538. The maximum absolute atomic E-state index is 12.4. The monoisotopic (exact) mass is 302 g/mol. The van der Waals surface area contributed by atoms with E-state index in [1.54, 1.807) is 18.2 Å². The molecule has 1 aliphatic heterocycles. The molecule has 106 valence electrons. The zero-order valence-corrected chi connectivity index (χ0v) is 12.7. The first-order valence-electron chi connectivity index (χ1n) is 6.39. The lowest BCUT2D eigenvalue weighted by Gasteiger charge is -2.30. The van der Waals surface area contributed by atoms with Crippen LogP contribution in [-0.4, -0.2) is 27.5 Å². The van der Waals surface area contributed by atoms with Gasteiger partial charge in [-0.15, -0.1) is 0 Å². The molecule has 0 spiro atoms. The topological polar surface area (TPSA) is 58.2 Å². The van der Waals surface area contributed by atoms with Crippen molar-refractivity contribution in [2.75, 3.05) is 13.1 Å². The maximum Gasteiger partial charge on any atom is 0.242 e. The van der Waals surface area contributed by atoms with Crippen LogP contribution in [0, 0.1) is 12.8 Å². The van der Waals surface area contributed by atoms with Crippen LogP contribution in [0.3, 0.4) is 0 Å². The highest BCUT2D eigenvalue weighted by Gasteiger charge is 2.27. The number of rotatable bonds is 3. The molecule has 19 heavy (non-hydrogen) atoms. The summed E-state index contributed by atoms with van der Waals surface area (Å²) < 4.78 is 27.6. The van der Waals surface area contributed by atoms with Crippen molar-refractivity contribution >= 4 is 21.6 Å². The van der Waals surface area contributed by atoms with Crippen LogP contribution in [0.1, 0.15) is 18.9 Å². The molecule has 6 heteroatoms. The van der Waals surface area contributed by atoms with Crippen molar-refractivity contribution in [2.24, 2.45) is 5.92 Å². The lowest BCUT2D eigenvalue weighted by molar-refractivity contribution is 0.328. The molecular formula is C13H19ClN2O2S. The van der Waals surface area contributed by atoms with Crippen molar-refractivity contribution in [1.29, 1.82) is 0 Å². The van der Waals surface area contributed by atoms with Gasteiger partial charge in [-0.2, -0.15) is 0 Å². The summed E-state index contributed by atoms with van der Waals surface area (Å²) >= 11 is 6.00. The molecule has 2 N–H and O–H groups in total. The molecule has 2 rings (SSSR count). The Balaban J connectivity index is 2.24. The van der Waals surface area contributed by atoms with Gasteiger partial charge in [-0.3, -0.25) is 0 Å². The molecular weight excluding hydrogens is 284 g/mol. The van der Waals surface area contributed by atoms with E-state index in [1.807, 2.05) is 13.8 Å². The Kier molecular flexibility index (Phi) is 4.50. The third-order valence-electron chi connectivity index (χ3n) is 3.47. The normalized spacial score (nSPS) is 24.4. The second-order valence-corrected chi connectivity index (χ2v) is 7.22. The van der Waals surface area contributed by atoms with Crippen molar-refractivity contribution in [3.63, 3.8) is 0 Å². The van der Waals surface area contributed by atoms with Crippen LogP contribution in [0.4, 0.5) is 0 Å². The lowest BCUT2D eigenvalue weighted by atomic mass is 9.97. The Hall–Kier alpha value is -0.620. The zero-order valence-electron chi connectivity index (χ0n) is 11.1. The predicted molar refractivity (Wildman–Crippen MR) is 76.9 cm³/mol. The van der Waals surface area contributed by atoms with Crippen molar-refractivity contribution in [3.8, 4) is 0 Å². The van der Waals surface area contributed by atoms with Gasteiger partial charge >= 0.3 is 0 Å². The first kappa shape index (κ1) is 14.8. The molecule has 1 saturated heterocycles. The minimum absolute atomic E-state index is 0.0390. The van der Waals surface area contributed by atoms with Crippen molar-refractivity contribution < 1.29 is 8.42 Å². The summed E-state index contributed by atoms with van der Waals surface area (Å²) in [6.45, 7) is 5.55. The van der Waals surface area contributed by atoms with Gasteiger partial charge in [0.05, 0.1) is 5.02 Å². The van der Waals surface area contributed by atoms with Gasteiger partial charge in [0, 0.05) is 6.04 Å². The molecule has 2 atom stereocenters. The minimum Gasteiger partial charge on any atom is -0.316 e. The van der Waals surface area contributed by atoms with E-state index >= 15 is 0 Å². The fourth-order valence-corrected chi connectivity index (χ4v) is 4.23. The minimum atomic E-state index is -3.56. The Bertz CT molecular complexity index is 560. The highest BCUT2D eigenvalue weighted by atomic mass is 35.5. The van der Waals surface area contributed by atoms with Gasteiger partial charge in [0.1, 0.15) is 4.90 Å². The molecule has 1 aromatic rings. The molecule has 2 unspecified atom stereocenters. The van der Waals surface area contributed by atoms with Crippen molar-refractivity contribution in [1.82, 2.24) is 10.0 Å². The smallest absolute Gasteiger partial charge is 0.242 e. The summed E-state index contributed by atoms with van der Waals surface area (Å²) in [5.41, 5.74) is 0.878. The Morgan fingerprint density at radius 3 is 2.84 bits per heavy atom. The fourth-order valence-electron chi connectivity index (χ4n) is 2.27. The van der Waals surface area contributed by atoms with E-state index in [0.717, 1.165) is 25.1 Å². The van der Waals surface area contributed by atoms with E-state index in [9.17, 15) is 8.42 Å². The molecule has 4 nitrogen and oxygen atoms in total. The molecule has 0 radical (unpaired) electrons. The van der Waals surface area contributed by atoms with Crippen LogP contribution < -0.4 is 10.0 Å². The average molecular weight is 303 g/mol. The molecule has 1 fully saturated rings. The number of sulfonamides is 1. The number of benzene rings is 1. The van der Waals surface area contributed by atoms with E-state index < -0.39 is 10.0 Å². The molecule has 0 aliphatic carbocycles. The molecule has 0 bridgehead atoms. The van der Waals surface area contributed by atoms with Crippen molar-refractivity contribution in [3.05, 3.63) is 28.8 Å². The van der Waals surface area contributed by atoms with Gasteiger partial charge in [0.2, 0.25) is 10.0 Å². The largest absolute Gasteiger partial charge is 0.316 e. The second-order valence-electron chi connectivity index (χ2n) is 5.13. The van der Waals surface area contributed by atoms with Gasteiger partial charge in [-0.1, -0.05) is 24.6 Å². The summed E-state index contributed by atoms with van der Waals surface area (Å²) in [6, 6.07) is 4.99. The number of aryl methyl sites for hydroxylation is 1. The maximum atomic E-state index is 12.4. The van der Waals surface area contributed by atoms with Crippen LogP contribution in [0.15, 0.2) is 23.1 Å². The molecule has 0 saturated carbocycles. The van der Waals surface area contributed by atoms with Gasteiger partial charge in [0.25, 0.3) is 0 Å². The van der Waals surface area contributed by atoms with Crippen molar-refractivity contribution in [2.45, 2.75) is 31.2 Å². The summed E-state index contributed by atoms with van der Waals surface area (Å²) in [5.74, 6) is 0.270. The zero-order chi connectivity index (χ0) is 14.0. The van der Waals surface area contributed by atoms with E-state index in [1.165, 1.54) is 0 Å². The van der Waals surface area contributed by atoms with E-state index in [0.29, 0.717) is 0 Å². The number of hydrogen-bond donors (Lipinski definition) is 2. The SMILES string of the molecule is Cc1ccc(Cl)c(S(=O)(=O)NC2CCNCC2C)c1. The average Bonchev–Trinajstić information content (AvgIpc) is 2.35. The molecule has 0 aromatic heterocycles. The van der Waals surface area contributed by atoms with Gasteiger partial charge in [-0.25, -0.2) is 13.1 Å². The van der Waals surface area contributed by atoms with Crippen LogP contribution in [0.25, 0.3) is 0 Å². The van der Waals surface area contributed by atoms with Crippen LogP contribution in [0.5, 0.6) is 0 Å². The summed E-state index contributed by atoms with van der Waals surface area (Å²) in [5, 5.41) is 3.51. The first-order valence-corrected chi connectivity index (χ1v) is 8.25. The second kappa shape index (κ2) is 5.79. The van der Waals surface area contributed by atoms with E-state index in [4.69, 9.17) is 11.6 Å². The number of piperidine rings is 1. The standard InChI is InChI=1S/C13H19ClN2O2S/c1-9-3-4-11(14)13(7-9)19(17,18)16-12-5-6-15-8-10(12)2/h3-4,7,10,12,15-16H,5-6,8H2,1-2H3. The number of hydrogen-bond acceptors (Lipinski definition) is 3. The Morgan fingerprint density at radius 1 is 1.42 bits per heavy atom. The van der Waals surface area contributed by atoms with Crippen LogP contribution in [0.2, 0.25) is 5.02 Å². The molecule has 1 aliphatic rings. The van der Waals surface area contributed by atoms with Crippen LogP contribution >= 0.6 is 11.6 Å². The van der Waals surface area contributed by atoms with E-state index in [-0.39, 0.29) is 21.9 Å². The summed E-state index contributed by atoms with van der Waals surface area (Å²) in [6.07, 6.45) is 0.795. The van der Waals surface area contributed by atoms with E-state index in [2.05, 4.69) is 10.0 Å². The summed E-state index contributed by atoms with van der Waals surface area (Å²) in [7, 11) is -3.56. The summed E-state index contributed by atoms with van der Waals surface area (Å²) in [4.78, 5) is 0.167. The number of halogens is 1. The highest BCUT2D eigenvalue weighted by molar-refractivity contribution is 7.89. The Labute approximate surface area is 119 Å². The van der Waals surface area contributed by atoms with Gasteiger partial charge in [0.15, 0.2) is 0 Å². The predicted octanol–water partition coefficient (Wildman–Crippen LogP) is 1.92. The van der Waals surface area contributed by atoms with Gasteiger partial charge in [-0.05, 0) is 50.0 Å². The molecule has 0 amide bonds. The number of nitrogens with one attached hydrogen (secondary N) is 2. The van der Waals surface area contributed by atoms with Gasteiger partial charge < -0.3 is 5.32 Å². The van der Waals surface area contributed by atoms with Crippen LogP contribution in [-0.2, 0) is 10.0 Å². The quantitative estimate of drug-likeness (QED) is 0.897. The first-order chi connectivity index (χ1) is 8.90. The lowest BCUT2D eigenvalue weighted by Crippen LogP contribution is -2.48. The third-order valence-corrected chi connectivity index (χ3v) is 5.44. The highest BCUT2D eigenvalue weighted by Crippen LogP contribution is 2.23. The molecule has 1 heterocycles. The molecule has 1 aromatic carbocycles.